The van der Waals surface area contributed by atoms with Crippen molar-refractivity contribution >= 4 is 11.5 Å². The maximum absolute atomic E-state index is 11.4. The topological polar surface area (TPSA) is 26.3 Å². The summed E-state index contributed by atoms with van der Waals surface area (Å²) in [6, 6.07) is 8.53. The number of hydrogen-bond acceptors (Lipinski definition) is 2. The molecule has 0 aliphatic carbocycles. The molecule has 0 aromatic heterocycles. The van der Waals surface area contributed by atoms with Crippen LogP contribution in [0.4, 0.5) is 0 Å². The van der Waals surface area contributed by atoms with Crippen molar-refractivity contribution in [2.75, 3.05) is 7.11 Å². The molecular weight excluding hydrogens is 236 g/mol. The van der Waals surface area contributed by atoms with Gasteiger partial charge in [0.05, 0.1) is 7.11 Å². The molecule has 0 aliphatic heterocycles. The van der Waals surface area contributed by atoms with E-state index < -0.39 is 0 Å². The zero-order valence-corrected chi connectivity index (χ0v) is 12.2. The van der Waals surface area contributed by atoms with Crippen LogP contribution in [0.1, 0.15) is 50.7 Å². The third kappa shape index (κ3) is 5.29. The number of benzene rings is 1. The molecule has 0 spiro atoms. The first kappa shape index (κ1) is 15.5. The van der Waals surface area contributed by atoms with Gasteiger partial charge in [0.25, 0.3) is 0 Å². The Hall–Kier alpha value is -1.57. The Morgan fingerprint density at radius 3 is 2.37 bits per heavy atom. The van der Waals surface area contributed by atoms with E-state index in [1.165, 1.54) is 25.5 Å². The standard InChI is InChI=1S/C17H24O2/c1-4-6-8-14-9-11-15(12-10-14)16(7-5-2)13-17(18)19-3/h9-13H,4-8H2,1-3H3. The zero-order chi connectivity index (χ0) is 14.1. The van der Waals surface area contributed by atoms with Crippen LogP contribution < -0.4 is 0 Å². The SMILES string of the molecule is CCCCc1ccc(C(=CC(=O)OC)CCC)cc1. The van der Waals surface area contributed by atoms with Crippen LogP contribution in [0, 0.1) is 0 Å². The number of aryl methyl sites for hydroxylation is 1. The number of carbonyl (C=O) groups excluding carboxylic acids is 1. The number of allylic oxidation sites excluding steroid dienone is 1. The molecule has 0 aliphatic rings. The summed E-state index contributed by atoms with van der Waals surface area (Å²) in [5.41, 5.74) is 3.53. The Labute approximate surface area is 116 Å². The first-order valence-electron chi connectivity index (χ1n) is 7.09. The van der Waals surface area contributed by atoms with E-state index in [4.69, 9.17) is 4.74 Å². The highest BCUT2D eigenvalue weighted by Gasteiger charge is 2.04. The lowest BCUT2D eigenvalue weighted by Crippen LogP contribution is -1.97. The Morgan fingerprint density at radius 1 is 1.16 bits per heavy atom. The third-order valence-corrected chi connectivity index (χ3v) is 3.16. The van der Waals surface area contributed by atoms with Gasteiger partial charge in [-0.2, -0.15) is 0 Å². The summed E-state index contributed by atoms with van der Waals surface area (Å²) in [5.74, 6) is -0.279. The number of rotatable bonds is 7. The lowest BCUT2D eigenvalue weighted by atomic mass is 9.98. The van der Waals surface area contributed by atoms with Gasteiger partial charge in [0.15, 0.2) is 0 Å². The predicted octanol–water partition coefficient (Wildman–Crippen LogP) is 4.39. The Bertz CT molecular complexity index is 415. The third-order valence-electron chi connectivity index (χ3n) is 3.16. The van der Waals surface area contributed by atoms with Crippen LogP contribution >= 0.6 is 0 Å². The molecule has 1 aromatic carbocycles. The summed E-state index contributed by atoms with van der Waals surface area (Å²) in [6.45, 7) is 4.31. The van der Waals surface area contributed by atoms with Gasteiger partial charge >= 0.3 is 5.97 Å². The zero-order valence-electron chi connectivity index (χ0n) is 12.2. The van der Waals surface area contributed by atoms with Crippen LogP contribution in [-0.4, -0.2) is 13.1 Å². The van der Waals surface area contributed by atoms with Crippen LogP contribution in [0.5, 0.6) is 0 Å². The Kier molecular flexibility index (Phi) is 6.94. The van der Waals surface area contributed by atoms with E-state index in [1.807, 2.05) is 0 Å². The molecule has 0 unspecified atom stereocenters. The second-order valence-corrected chi connectivity index (χ2v) is 4.74. The van der Waals surface area contributed by atoms with Crippen molar-refractivity contribution in [3.8, 4) is 0 Å². The number of hydrogen-bond donors (Lipinski definition) is 0. The molecule has 0 saturated carbocycles. The van der Waals surface area contributed by atoms with Gasteiger partial charge in [-0.3, -0.25) is 0 Å². The van der Waals surface area contributed by atoms with Crippen molar-refractivity contribution in [1.29, 1.82) is 0 Å². The summed E-state index contributed by atoms with van der Waals surface area (Å²) in [7, 11) is 1.41. The van der Waals surface area contributed by atoms with Crippen LogP contribution in [-0.2, 0) is 16.0 Å². The first-order chi connectivity index (χ1) is 9.21. The van der Waals surface area contributed by atoms with Crippen molar-refractivity contribution < 1.29 is 9.53 Å². The largest absolute Gasteiger partial charge is 0.466 e. The van der Waals surface area contributed by atoms with Gasteiger partial charge < -0.3 is 4.74 Å². The second kappa shape index (κ2) is 8.52. The fraction of sp³-hybridized carbons (Fsp3) is 0.471. The Balaban J connectivity index is 2.85. The highest BCUT2D eigenvalue weighted by molar-refractivity contribution is 5.91. The first-order valence-corrected chi connectivity index (χ1v) is 7.09. The van der Waals surface area contributed by atoms with Crippen LogP contribution in [0.25, 0.3) is 5.57 Å². The van der Waals surface area contributed by atoms with Crippen LogP contribution in [0.2, 0.25) is 0 Å². The van der Waals surface area contributed by atoms with Gasteiger partial charge in [-0.15, -0.1) is 0 Å². The molecule has 0 fully saturated rings. The smallest absolute Gasteiger partial charge is 0.330 e. The van der Waals surface area contributed by atoms with Crippen molar-refractivity contribution in [2.45, 2.75) is 46.0 Å². The summed E-state index contributed by atoms with van der Waals surface area (Å²) >= 11 is 0. The monoisotopic (exact) mass is 260 g/mol. The van der Waals surface area contributed by atoms with Gasteiger partial charge in [0, 0.05) is 6.08 Å². The number of ether oxygens (including phenoxy) is 1. The highest BCUT2D eigenvalue weighted by Crippen LogP contribution is 2.21. The van der Waals surface area contributed by atoms with E-state index in [1.54, 1.807) is 6.08 Å². The summed E-state index contributed by atoms with van der Waals surface area (Å²) in [5, 5.41) is 0. The van der Waals surface area contributed by atoms with E-state index in [9.17, 15) is 4.79 Å². The average Bonchev–Trinajstić information content (AvgIpc) is 2.45. The minimum atomic E-state index is -0.279. The average molecular weight is 260 g/mol. The molecule has 104 valence electrons. The molecular formula is C17H24O2. The number of esters is 1. The quantitative estimate of drug-likeness (QED) is 0.537. The lowest BCUT2D eigenvalue weighted by Gasteiger charge is -2.08. The molecule has 0 heterocycles. The summed E-state index contributed by atoms with van der Waals surface area (Å²) in [6.07, 6.45) is 7.07. The van der Waals surface area contributed by atoms with Gasteiger partial charge in [0.1, 0.15) is 0 Å². The summed E-state index contributed by atoms with van der Waals surface area (Å²) in [4.78, 5) is 11.4. The maximum Gasteiger partial charge on any atom is 0.330 e. The van der Waals surface area contributed by atoms with Crippen molar-refractivity contribution in [2.24, 2.45) is 0 Å². The minimum absolute atomic E-state index is 0.279. The maximum atomic E-state index is 11.4. The molecule has 0 amide bonds. The van der Waals surface area contributed by atoms with Gasteiger partial charge in [-0.1, -0.05) is 51.0 Å². The molecule has 2 heteroatoms. The molecule has 0 radical (unpaired) electrons. The highest BCUT2D eigenvalue weighted by atomic mass is 16.5. The van der Waals surface area contributed by atoms with Crippen LogP contribution in [0.15, 0.2) is 30.3 Å². The van der Waals surface area contributed by atoms with Crippen molar-refractivity contribution in [3.05, 3.63) is 41.5 Å². The molecule has 0 saturated heterocycles. The fourth-order valence-electron chi connectivity index (χ4n) is 2.04. The fourth-order valence-corrected chi connectivity index (χ4v) is 2.04. The number of methoxy groups -OCH3 is 1. The number of carbonyl (C=O) groups is 1. The second-order valence-electron chi connectivity index (χ2n) is 4.74. The van der Waals surface area contributed by atoms with Crippen LogP contribution in [0.3, 0.4) is 0 Å². The minimum Gasteiger partial charge on any atom is -0.466 e. The van der Waals surface area contributed by atoms with E-state index >= 15 is 0 Å². The predicted molar refractivity (Wildman–Crippen MR) is 80.0 cm³/mol. The Morgan fingerprint density at radius 2 is 1.84 bits per heavy atom. The molecule has 1 aromatic rings. The number of unbranched alkanes of at least 4 members (excludes halogenated alkanes) is 1. The van der Waals surface area contributed by atoms with Gasteiger partial charge in [-0.05, 0) is 36.0 Å². The summed E-state index contributed by atoms with van der Waals surface area (Å²) < 4.78 is 4.71. The van der Waals surface area contributed by atoms with E-state index in [-0.39, 0.29) is 5.97 Å². The normalized spacial score (nSPS) is 11.4. The van der Waals surface area contributed by atoms with E-state index in [2.05, 4.69) is 38.1 Å². The van der Waals surface area contributed by atoms with E-state index in [0.29, 0.717) is 0 Å². The molecule has 0 bridgehead atoms. The van der Waals surface area contributed by atoms with Gasteiger partial charge in [-0.25, -0.2) is 4.79 Å². The molecule has 0 atom stereocenters. The van der Waals surface area contributed by atoms with E-state index in [0.717, 1.165) is 30.4 Å². The molecule has 19 heavy (non-hydrogen) atoms. The van der Waals surface area contributed by atoms with Gasteiger partial charge in [0.2, 0.25) is 0 Å². The van der Waals surface area contributed by atoms with Crippen molar-refractivity contribution in [1.82, 2.24) is 0 Å². The van der Waals surface area contributed by atoms with Crippen molar-refractivity contribution in [3.63, 3.8) is 0 Å². The lowest BCUT2D eigenvalue weighted by molar-refractivity contribution is -0.134. The molecule has 1 rings (SSSR count). The molecule has 2 nitrogen and oxygen atoms in total. The molecule has 0 N–H and O–H groups in total.